The van der Waals surface area contributed by atoms with Gasteiger partial charge in [0.1, 0.15) is 11.6 Å². The fourth-order valence-corrected chi connectivity index (χ4v) is 3.00. The highest BCUT2D eigenvalue weighted by Crippen LogP contribution is 2.21. The summed E-state index contributed by atoms with van der Waals surface area (Å²) in [6, 6.07) is 6.51. The maximum absolute atomic E-state index is 7.55. The summed E-state index contributed by atoms with van der Waals surface area (Å²) >= 11 is 0. The molecule has 5 nitrogen and oxygen atoms in total. The number of benzene rings is 1. The minimum Gasteiger partial charge on any atom is -0.496 e. The lowest BCUT2D eigenvalue weighted by atomic mass is 10.1. The van der Waals surface area contributed by atoms with Crippen LogP contribution in [0.25, 0.3) is 0 Å². The molecule has 21 heavy (non-hydrogen) atoms. The van der Waals surface area contributed by atoms with E-state index in [1.54, 1.807) is 7.11 Å². The van der Waals surface area contributed by atoms with Crippen LogP contribution in [0, 0.1) is 5.41 Å². The molecule has 1 aromatic carbocycles. The molecule has 0 radical (unpaired) electrons. The number of piperazine rings is 1. The number of nitrogen functional groups attached to an aromatic ring is 1. The molecule has 0 aliphatic carbocycles. The second-order valence-corrected chi connectivity index (χ2v) is 5.66. The van der Waals surface area contributed by atoms with Gasteiger partial charge in [-0.25, -0.2) is 0 Å². The third-order valence-electron chi connectivity index (χ3n) is 4.22. The van der Waals surface area contributed by atoms with Crippen LogP contribution in [0.15, 0.2) is 18.2 Å². The molecule has 1 aromatic rings. The smallest absolute Gasteiger partial charge is 0.130 e. The number of ether oxygens (including phenoxy) is 1. The van der Waals surface area contributed by atoms with Crippen molar-refractivity contribution in [2.24, 2.45) is 5.73 Å². The Morgan fingerprint density at radius 1 is 1.43 bits per heavy atom. The summed E-state index contributed by atoms with van der Waals surface area (Å²) < 4.78 is 5.34. The Kier molecular flexibility index (Phi) is 5.20. The van der Waals surface area contributed by atoms with E-state index >= 15 is 0 Å². The van der Waals surface area contributed by atoms with Crippen LogP contribution in [-0.4, -0.2) is 55.0 Å². The third-order valence-corrected chi connectivity index (χ3v) is 4.22. The number of hydrogen-bond donors (Lipinski definition) is 2. The van der Waals surface area contributed by atoms with Crippen LogP contribution in [-0.2, 0) is 6.54 Å². The van der Waals surface area contributed by atoms with Crippen LogP contribution in [0.2, 0.25) is 0 Å². The van der Waals surface area contributed by atoms with Crippen molar-refractivity contribution in [3.8, 4) is 5.75 Å². The summed E-state index contributed by atoms with van der Waals surface area (Å²) in [6.07, 6.45) is 0. The molecule has 1 saturated heterocycles. The Morgan fingerprint density at radius 3 is 2.76 bits per heavy atom. The summed E-state index contributed by atoms with van der Waals surface area (Å²) in [5.41, 5.74) is 7.42. The maximum atomic E-state index is 7.55. The fraction of sp³-hybridized carbons (Fsp3) is 0.562. The average molecular weight is 290 g/mol. The topological polar surface area (TPSA) is 65.6 Å². The highest BCUT2D eigenvalue weighted by atomic mass is 16.5. The molecular formula is C16H26N4O. The van der Waals surface area contributed by atoms with Crippen molar-refractivity contribution in [1.82, 2.24) is 9.80 Å². The molecule has 0 bridgehead atoms. The predicted molar refractivity (Wildman–Crippen MR) is 86.0 cm³/mol. The van der Waals surface area contributed by atoms with Crippen molar-refractivity contribution in [3.05, 3.63) is 29.3 Å². The lowest BCUT2D eigenvalue weighted by Gasteiger charge is -2.39. The van der Waals surface area contributed by atoms with Gasteiger partial charge in [0.25, 0.3) is 0 Å². The van der Waals surface area contributed by atoms with E-state index < -0.39 is 0 Å². The van der Waals surface area contributed by atoms with Gasteiger partial charge in [-0.3, -0.25) is 15.2 Å². The van der Waals surface area contributed by atoms with Gasteiger partial charge in [0.15, 0.2) is 0 Å². The number of amidine groups is 1. The number of nitrogens with one attached hydrogen (secondary N) is 1. The van der Waals surface area contributed by atoms with Crippen molar-refractivity contribution < 1.29 is 4.74 Å². The highest BCUT2D eigenvalue weighted by molar-refractivity contribution is 5.97. The minimum absolute atomic E-state index is 0.0450. The van der Waals surface area contributed by atoms with Crippen LogP contribution in [0.3, 0.4) is 0 Å². The van der Waals surface area contributed by atoms with E-state index in [4.69, 9.17) is 15.9 Å². The van der Waals surface area contributed by atoms with Gasteiger partial charge in [-0.1, -0.05) is 13.0 Å². The molecule has 1 fully saturated rings. The number of hydrogen-bond acceptors (Lipinski definition) is 4. The van der Waals surface area contributed by atoms with E-state index in [0.717, 1.165) is 32.7 Å². The molecule has 1 heterocycles. The average Bonchev–Trinajstić information content (AvgIpc) is 2.47. The van der Waals surface area contributed by atoms with Crippen LogP contribution in [0.1, 0.15) is 25.0 Å². The zero-order chi connectivity index (χ0) is 15.4. The molecule has 3 N–H and O–H groups in total. The third kappa shape index (κ3) is 3.74. The van der Waals surface area contributed by atoms with E-state index in [2.05, 4.69) is 23.6 Å². The van der Waals surface area contributed by atoms with Crippen LogP contribution >= 0.6 is 0 Å². The van der Waals surface area contributed by atoms with Gasteiger partial charge in [-0.05, 0) is 31.2 Å². The normalized spacial score (nSPS) is 20.4. The molecule has 1 aliphatic rings. The Hall–Kier alpha value is -1.59. The Balaban J connectivity index is 2.05. The summed E-state index contributed by atoms with van der Waals surface area (Å²) in [7, 11) is 1.62. The van der Waals surface area contributed by atoms with Crippen LogP contribution in [0.4, 0.5) is 0 Å². The molecule has 116 valence electrons. The van der Waals surface area contributed by atoms with Gasteiger partial charge < -0.3 is 10.5 Å². The Labute approximate surface area is 127 Å². The van der Waals surface area contributed by atoms with Crippen molar-refractivity contribution >= 4 is 5.84 Å². The van der Waals surface area contributed by atoms with E-state index in [1.807, 2.05) is 18.2 Å². The molecule has 1 unspecified atom stereocenters. The van der Waals surface area contributed by atoms with E-state index in [-0.39, 0.29) is 5.84 Å². The predicted octanol–water partition coefficient (Wildman–Crippen LogP) is 1.51. The molecule has 5 heteroatoms. The van der Waals surface area contributed by atoms with Gasteiger partial charge in [-0.15, -0.1) is 0 Å². The van der Waals surface area contributed by atoms with Crippen molar-refractivity contribution in [3.63, 3.8) is 0 Å². The Bertz CT molecular complexity index is 503. The monoisotopic (exact) mass is 290 g/mol. The second-order valence-electron chi connectivity index (χ2n) is 5.66. The molecule has 0 amide bonds. The zero-order valence-electron chi connectivity index (χ0n) is 13.2. The lowest BCUT2D eigenvalue weighted by Crippen LogP contribution is -2.51. The number of nitrogens with two attached hydrogens (primary N) is 1. The molecule has 0 aromatic heterocycles. The number of rotatable bonds is 5. The largest absolute Gasteiger partial charge is 0.496 e. The van der Waals surface area contributed by atoms with Crippen LogP contribution < -0.4 is 10.5 Å². The first-order chi connectivity index (χ1) is 10.0. The molecule has 1 aliphatic heterocycles. The first kappa shape index (κ1) is 15.8. The second kappa shape index (κ2) is 6.91. The van der Waals surface area contributed by atoms with Crippen LogP contribution in [0.5, 0.6) is 5.75 Å². The fourth-order valence-electron chi connectivity index (χ4n) is 3.00. The first-order valence-electron chi connectivity index (χ1n) is 7.52. The lowest BCUT2D eigenvalue weighted by molar-refractivity contribution is 0.0834. The molecule has 0 spiro atoms. The first-order valence-corrected chi connectivity index (χ1v) is 7.52. The summed E-state index contributed by atoms with van der Waals surface area (Å²) in [6.45, 7) is 9.85. The molecule has 2 rings (SSSR count). The summed E-state index contributed by atoms with van der Waals surface area (Å²) in [5.74, 6) is 0.726. The molecular weight excluding hydrogens is 264 g/mol. The minimum atomic E-state index is 0.0450. The van der Waals surface area contributed by atoms with E-state index in [1.165, 1.54) is 5.56 Å². The van der Waals surface area contributed by atoms with Gasteiger partial charge in [0.05, 0.1) is 12.7 Å². The van der Waals surface area contributed by atoms with Gasteiger partial charge in [-0.2, -0.15) is 0 Å². The SMILES string of the molecule is CCN1CCN(Cc2ccc(C(=N)N)c(OC)c2)CC1C. The standard InChI is InChI=1S/C16H26N4O/c1-4-20-8-7-19(10-12(20)2)11-13-5-6-14(16(17)18)15(9-13)21-3/h5-6,9,12H,4,7-8,10-11H2,1-3H3,(H3,17,18). The quantitative estimate of drug-likeness (QED) is 0.637. The van der Waals surface area contributed by atoms with Crippen molar-refractivity contribution in [1.29, 1.82) is 5.41 Å². The van der Waals surface area contributed by atoms with Gasteiger partial charge in [0, 0.05) is 32.2 Å². The van der Waals surface area contributed by atoms with Crippen molar-refractivity contribution in [2.45, 2.75) is 26.4 Å². The maximum Gasteiger partial charge on any atom is 0.130 e. The number of nitrogens with zero attached hydrogens (tertiary/aromatic N) is 2. The summed E-state index contributed by atoms with van der Waals surface area (Å²) in [4.78, 5) is 4.98. The molecule has 0 saturated carbocycles. The van der Waals surface area contributed by atoms with E-state index in [9.17, 15) is 0 Å². The highest BCUT2D eigenvalue weighted by Gasteiger charge is 2.22. The van der Waals surface area contributed by atoms with Crippen molar-refractivity contribution in [2.75, 3.05) is 33.3 Å². The number of methoxy groups -OCH3 is 1. The van der Waals surface area contributed by atoms with Gasteiger partial charge in [0.2, 0.25) is 0 Å². The zero-order valence-corrected chi connectivity index (χ0v) is 13.2. The number of likely N-dealkylation sites (N-methyl/N-ethyl adjacent to an activating group) is 1. The summed E-state index contributed by atoms with van der Waals surface area (Å²) in [5, 5.41) is 7.55. The van der Waals surface area contributed by atoms with Gasteiger partial charge >= 0.3 is 0 Å². The molecule has 1 atom stereocenters. The Morgan fingerprint density at radius 2 is 2.19 bits per heavy atom. The van der Waals surface area contributed by atoms with E-state index in [0.29, 0.717) is 17.4 Å².